The average molecular weight is 231 g/mol. The number of hydrogen-bond acceptors (Lipinski definition) is 3. The van der Waals surface area contributed by atoms with Gasteiger partial charge in [0.25, 0.3) is 0 Å². The molecule has 17 heavy (non-hydrogen) atoms. The molecule has 1 aromatic carbocycles. The van der Waals surface area contributed by atoms with E-state index in [1.165, 1.54) is 0 Å². The van der Waals surface area contributed by atoms with Gasteiger partial charge in [-0.3, -0.25) is 0 Å². The zero-order valence-electron chi connectivity index (χ0n) is 10.3. The average Bonchev–Trinajstić information content (AvgIpc) is 2.87. The van der Waals surface area contributed by atoms with E-state index in [1.54, 1.807) is 7.11 Å². The minimum absolute atomic E-state index is 0.300. The minimum Gasteiger partial charge on any atom is -0.497 e. The summed E-state index contributed by atoms with van der Waals surface area (Å²) >= 11 is 0. The summed E-state index contributed by atoms with van der Waals surface area (Å²) in [5, 5.41) is 7.54. The lowest BCUT2D eigenvalue weighted by Crippen LogP contribution is -2.11. The minimum atomic E-state index is 0.300. The third kappa shape index (κ3) is 2.47. The Morgan fingerprint density at radius 3 is 2.94 bits per heavy atom. The summed E-state index contributed by atoms with van der Waals surface area (Å²) in [5.41, 5.74) is 2.16. The van der Waals surface area contributed by atoms with Crippen LogP contribution in [0.1, 0.15) is 18.5 Å². The fraction of sp³-hybridized carbons (Fsp3) is 0.308. The Kier molecular flexibility index (Phi) is 3.44. The lowest BCUT2D eigenvalue weighted by Gasteiger charge is -2.06. The standard InChI is InChI=1S/C13H17N3O/c1-10(14-2)11-8-15-16(9-11)12-5-4-6-13(7-12)17-3/h4-10,14H,1-3H3. The zero-order chi connectivity index (χ0) is 12.3. The van der Waals surface area contributed by atoms with Crippen molar-refractivity contribution in [3.8, 4) is 11.4 Å². The quantitative estimate of drug-likeness (QED) is 0.876. The van der Waals surface area contributed by atoms with Gasteiger partial charge in [0.05, 0.1) is 19.0 Å². The molecule has 1 heterocycles. The van der Waals surface area contributed by atoms with Crippen molar-refractivity contribution in [1.82, 2.24) is 15.1 Å². The fourth-order valence-electron chi connectivity index (χ4n) is 1.62. The Morgan fingerprint density at radius 1 is 1.41 bits per heavy atom. The summed E-state index contributed by atoms with van der Waals surface area (Å²) < 4.78 is 7.05. The Hall–Kier alpha value is -1.81. The van der Waals surface area contributed by atoms with Crippen LogP contribution in [-0.2, 0) is 0 Å². The number of ether oxygens (including phenoxy) is 1. The van der Waals surface area contributed by atoms with Gasteiger partial charge in [0.15, 0.2) is 0 Å². The van der Waals surface area contributed by atoms with Crippen LogP contribution in [0.3, 0.4) is 0 Å². The van der Waals surface area contributed by atoms with Crippen molar-refractivity contribution in [3.63, 3.8) is 0 Å². The van der Waals surface area contributed by atoms with E-state index in [2.05, 4.69) is 17.3 Å². The number of hydrogen-bond donors (Lipinski definition) is 1. The second-order valence-corrected chi connectivity index (χ2v) is 3.93. The van der Waals surface area contributed by atoms with Crippen LogP contribution in [0.25, 0.3) is 5.69 Å². The molecule has 1 aromatic heterocycles. The van der Waals surface area contributed by atoms with Crippen LogP contribution in [0, 0.1) is 0 Å². The largest absolute Gasteiger partial charge is 0.497 e. The molecular formula is C13H17N3O. The summed E-state index contributed by atoms with van der Waals surface area (Å²) in [5.74, 6) is 0.834. The highest BCUT2D eigenvalue weighted by Crippen LogP contribution is 2.18. The number of benzene rings is 1. The van der Waals surface area contributed by atoms with E-state index in [0.717, 1.165) is 17.0 Å². The van der Waals surface area contributed by atoms with E-state index in [4.69, 9.17) is 4.74 Å². The second kappa shape index (κ2) is 5.01. The van der Waals surface area contributed by atoms with Gasteiger partial charge in [-0.2, -0.15) is 5.10 Å². The maximum atomic E-state index is 5.20. The van der Waals surface area contributed by atoms with Gasteiger partial charge in [-0.15, -0.1) is 0 Å². The van der Waals surface area contributed by atoms with E-state index < -0.39 is 0 Å². The summed E-state index contributed by atoms with van der Waals surface area (Å²) in [7, 11) is 3.60. The number of aromatic nitrogens is 2. The molecule has 90 valence electrons. The number of nitrogens with zero attached hydrogens (tertiary/aromatic N) is 2. The molecular weight excluding hydrogens is 214 g/mol. The zero-order valence-corrected chi connectivity index (χ0v) is 10.3. The highest BCUT2D eigenvalue weighted by Gasteiger charge is 2.06. The van der Waals surface area contributed by atoms with Crippen LogP contribution in [0.2, 0.25) is 0 Å². The van der Waals surface area contributed by atoms with Crippen molar-refractivity contribution in [1.29, 1.82) is 0 Å². The number of nitrogens with one attached hydrogen (secondary N) is 1. The molecule has 2 aromatic rings. The van der Waals surface area contributed by atoms with Gasteiger partial charge < -0.3 is 10.1 Å². The van der Waals surface area contributed by atoms with Crippen molar-refractivity contribution in [2.45, 2.75) is 13.0 Å². The lowest BCUT2D eigenvalue weighted by atomic mass is 10.2. The van der Waals surface area contributed by atoms with Crippen molar-refractivity contribution < 1.29 is 4.74 Å². The normalized spacial score (nSPS) is 12.4. The van der Waals surface area contributed by atoms with Crippen LogP contribution in [-0.4, -0.2) is 23.9 Å². The molecule has 0 aliphatic carbocycles. The predicted octanol–water partition coefficient (Wildman–Crippen LogP) is 2.16. The first-order valence-electron chi connectivity index (χ1n) is 5.61. The van der Waals surface area contributed by atoms with Crippen LogP contribution in [0.5, 0.6) is 5.75 Å². The monoisotopic (exact) mass is 231 g/mol. The molecule has 1 unspecified atom stereocenters. The molecule has 0 amide bonds. The van der Waals surface area contributed by atoms with Crippen molar-refractivity contribution in [2.24, 2.45) is 0 Å². The first-order chi connectivity index (χ1) is 8.24. The third-order valence-electron chi connectivity index (χ3n) is 2.85. The molecule has 1 N–H and O–H groups in total. The summed E-state index contributed by atoms with van der Waals surface area (Å²) in [6.45, 7) is 2.10. The molecule has 0 fully saturated rings. The molecule has 4 heteroatoms. The number of rotatable bonds is 4. The summed E-state index contributed by atoms with van der Waals surface area (Å²) in [4.78, 5) is 0. The van der Waals surface area contributed by atoms with E-state index in [0.29, 0.717) is 6.04 Å². The van der Waals surface area contributed by atoms with Crippen LogP contribution < -0.4 is 10.1 Å². The van der Waals surface area contributed by atoms with E-state index in [9.17, 15) is 0 Å². The van der Waals surface area contributed by atoms with Crippen molar-refractivity contribution >= 4 is 0 Å². The Balaban J connectivity index is 2.30. The summed E-state index contributed by atoms with van der Waals surface area (Å²) in [6, 6.07) is 8.14. The highest BCUT2D eigenvalue weighted by molar-refractivity contribution is 5.39. The molecule has 1 atom stereocenters. The smallest absolute Gasteiger partial charge is 0.121 e. The fourth-order valence-corrected chi connectivity index (χ4v) is 1.62. The molecule has 0 radical (unpaired) electrons. The highest BCUT2D eigenvalue weighted by atomic mass is 16.5. The maximum absolute atomic E-state index is 5.20. The SMILES string of the molecule is CNC(C)c1cnn(-c2cccc(OC)c2)c1. The first-order valence-corrected chi connectivity index (χ1v) is 5.61. The topological polar surface area (TPSA) is 39.1 Å². The summed E-state index contributed by atoms with van der Waals surface area (Å²) in [6.07, 6.45) is 3.90. The Bertz CT molecular complexity index is 493. The van der Waals surface area contributed by atoms with Gasteiger partial charge >= 0.3 is 0 Å². The predicted molar refractivity (Wildman–Crippen MR) is 67.6 cm³/mol. The lowest BCUT2D eigenvalue weighted by molar-refractivity contribution is 0.414. The maximum Gasteiger partial charge on any atom is 0.121 e. The Morgan fingerprint density at radius 2 is 2.24 bits per heavy atom. The Labute approximate surface area is 101 Å². The van der Waals surface area contributed by atoms with Gasteiger partial charge in [0.1, 0.15) is 5.75 Å². The van der Waals surface area contributed by atoms with Gasteiger partial charge in [-0.05, 0) is 26.1 Å². The molecule has 0 saturated heterocycles. The first kappa shape index (κ1) is 11.7. The van der Waals surface area contributed by atoms with Gasteiger partial charge in [-0.25, -0.2) is 4.68 Å². The van der Waals surface area contributed by atoms with Gasteiger partial charge in [0, 0.05) is 23.9 Å². The van der Waals surface area contributed by atoms with E-state index in [1.807, 2.05) is 48.4 Å². The molecule has 0 bridgehead atoms. The van der Waals surface area contributed by atoms with Crippen LogP contribution in [0.15, 0.2) is 36.7 Å². The molecule has 0 aliphatic heterocycles. The van der Waals surface area contributed by atoms with Gasteiger partial charge in [0.2, 0.25) is 0 Å². The molecule has 2 rings (SSSR count). The van der Waals surface area contributed by atoms with E-state index in [-0.39, 0.29) is 0 Å². The van der Waals surface area contributed by atoms with E-state index >= 15 is 0 Å². The van der Waals surface area contributed by atoms with Gasteiger partial charge in [-0.1, -0.05) is 6.07 Å². The molecule has 0 spiro atoms. The molecule has 0 aliphatic rings. The van der Waals surface area contributed by atoms with Crippen molar-refractivity contribution in [3.05, 3.63) is 42.2 Å². The van der Waals surface area contributed by atoms with Crippen LogP contribution in [0.4, 0.5) is 0 Å². The second-order valence-electron chi connectivity index (χ2n) is 3.93. The molecule has 4 nitrogen and oxygen atoms in total. The third-order valence-corrected chi connectivity index (χ3v) is 2.85. The van der Waals surface area contributed by atoms with Crippen LogP contribution >= 0.6 is 0 Å². The van der Waals surface area contributed by atoms with Crippen molar-refractivity contribution in [2.75, 3.05) is 14.2 Å². The molecule has 0 saturated carbocycles. The number of methoxy groups -OCH3 is 1.